The van der Waals surface area contributed by atoms with Crippen LogP contribution >= 0.6 is 0 Å². The minimum Gasteiger partial charge on any atom is -0.508 e. The number of unbranched alkanes of at least 4 members (excludes halogenated alkanes) is 4. The number of nitrogens with two attached hydrogens (primary N) is 2. The average molecular weight is 733 g/mol. The van der Waals surface area contributed by atoms with Gasteiger partial charge in [-0.25, -0.2) is 0 Å². The van der Waals surface area contributed by atoms with Gasteiger partial charge in [-0.3, -0.25) is 9.59 Å². The van der Waals surface area contributed by atoms with Gasteiger partial charge >= 0.3 is 0 Å². The van der Waals surface area contributed by atoms with Crippen molar-refractivity contribution in [3.63, 3.8) is 0 Å². The van der Waals surface area contributed by atoms with E-state index in [-0.39, 0.29) is 34.6 Å². The fourth-order valence-corrected chi connectivity index (χ4v) is 3.82. The van der Waals surface area contributed by atoms with Crippen molar-refractivity contribution < 1.29 is 24.6 Å². The highest BCUT2D eigenvalue weighted by Gasteiger charge is 2.29. The topological polar surface area (TPSA) is 168 Å². The third-order valence-corrected chi connectivity index (χ3v) is 6.79. The lowest BCUT2D eigenvalue weighted by Crippen LogP contribution is -2.27. The van der Waals surface area contributed by atoms with Crippen molar-refractivity contribution in [1.82, 2.24) is 10.6 Å². The zero-order chi connectivity index (χ0) is 41.8. The molecular formula is C43H80N4O5. The number of aromatic hydroxyl groups is 2. The van der Waals surface area contributed by atoms with Crippen LogP contribution in [0.15, 0.2) is 73.3 Å². The molecule has 1 atom stereocenters. The van der Waals surface area contributed by atoms with Gasteiger partial charge in [-0.1, -0.05) is 103 Å². The van der Waals surface area contributed by atoms with Crippen molar-refractivity contribution in [2.75, 3.05) is 28.2 Å². The molecule has 2 aromatic rings. The summed E-state index contributed by atoms with van der Waals surface area (Å²) in [7, 11) is 7.05. The summed E-state index contributed by atoms with van der Waals surface area (Å²) in [4.78, 5) is 31.8. The Bertz CT molecular complexity index is 1020. The van der Waals surface area contributed by atoms with Crippen LogP contribution in [-0.4, -0.2) is 62.4 Å². The van der Waals surface area contributed by atoms with Crippen LogP contribution < -0.4 is 22.1 Å². The Morgan fingerprint density at radius 2 is 1.25 bits per heavy atom. The molecule has 0 saturated carbocycles. The quantitative estimate of drug-likeness (QED) is 0.0599. The summed E-state index contributed by atoms with van der Waals surface area (Å²) in [6.45, 7) is 21.8. The van der Waals surface area contributed by atoms with Gasteiger partial charge in [-0.05, 0) is 97.2 Å². The Labute approximate surface area is 319 Å². The van der Waals surface area contributed by atoms with Crippen molar-refractivity contribution in [2.45, 2.75) is 132 Å². The molecular weight excluding hydrogens is 652 g/mol. The summed E-state index contributed by atoms with van der Waals surface area (Å²) in [5, 5.41) is 24.7. The molecule has 1 amide bonds. The van der Waals surface area contributed by atoms with Gasteiger partial charge < -0.3 is 37.1 Å². The van der Waals surface area contributed by atoms with E-state index < -0.39 is 0 Å². The minimum absolute atomic E-state index is 0.156. The molecule has 2 rings (SSSR count). The molecule has 0 aliphatic heterocycles. The number of rotatable bonds is 15. The lowest BCUT2D eigenvalue weighted by atomic mass is 9.72. The number of primary amides is 1. The van der Waals surface area contributed by atoms with E-state index in [4.69, 9.17) is 5.73 Å². The second-order valence-corrected chi connectivity index (χ2v) is 11.0. The highest BCUT2D eigenvalue weighted by Crippen LogP contribution is 2.37. The molecule has 1 unspecified atom stereocenters. The molecule has 0 bridgehead atoms. The number of ketones is 1. The van der Waals surface area contributed by atoms with Crippen molar-refractivity contribution in [1.29, 1.82) is 0 Å². The summed E-state index contributed by atoms with van der Waals surface area (Å²) in [6, 6.07) is 14.3. The Morgan fingerprint density at radius 3 is 1.52 bits per heavy atom. The van der Waals surface area contributed by atoms with Crippen LogP contribution in [0.1, 0.15) is 131 Å². The number of Topliss-reactive ketones (excluding diaryl/α,β-unsaturated/α-hetero) is 1. The molecule has 0 radical (unpaired) electrons. The molecule has 9 heteroatoms. The van der Waals surface area contributed by atoms with Crippen LogP contribution in [0.5, 0.6) is 11.5 Å². The summed E-state index contributed by atoms with van der Waals surface area (Å²) >= 11 is 0. The van der Waals surface area contributed by atoms with Gasteiger partial charge in [-0.2, -0.15) is 0 Å². The summed E-state index contributed by atoms with van der Waals surface area (Å²) < 4.78 is 0. The molecule has 2 aromatic carbocycles. The number of amides is 1. The first-order chi connectivity index (χ1) is 24.9. The average Bonchev–Trinajstić information content (AvgIpc) is 3.16. The maximum atomic E-state index is 11.9. The first kappa shape index (κ1) is 60.3. The second kappa shape index (κ2) is 47.2. The van der Waals surface area contributed by atoms with Gasteiger partial charge in [0.05, 0.1) is 0 Å². The fourth-order valence-electron chi connectivity index (χ4n) is 3.82. The zero-order valence-corrected chi connectivity index (χ0v) is 35.4. The third-order valence-electron chi connectivity index (χ3n) is 6.79. The molecule has 0 aromatic heterocycles. The Hall–Kier alpha value is -3.79. The van der Waals surface area contributed by atoms with Crippen molar-refractivity contribution in [3.8, 4) is 11.5 Å². The number of carbonyl (C=O) groups excluding carboxylic acids is 3. The highest BCUT2D eigenvalue weighted by atomic mass is 16.3. The van der Waals surface area contributed by atoms with E-state index >= 15 is 0 Å². The Kier molecular flexibility index (Phi) is 54.8. The lowest BCUT2D eigenvalue weighted by molar-refractivity contribution is -0.119. The van der Waals surface area contributed by atoms with Crippen molar-refractivity contribution >= 4 is 18.0 Å². The smallest absolute Gasteiger partial charge is 0.218 e. The van der Waals surface area contributed by atoms with Crippen LogP contribution in [0.3, 0.4) is 0 Å². The molecule has 0 spiro atoms. The Morgan fingerprint density at radius 1 is 0.846 bits per heavy atom. The molecule has 0 aliphatic rings. The van der Waals surface area contributed by atoms with Crippen molar-refractivity contribution in [2.24, 2.45) is 11.5 Å². The lowest BCUT2D eigenvalue weighted by Gasteiger charge is -2.31. The highest BCUT2D eigenvalue weighted by molar-refractivity contribution is 5.80. The third kappa shape index (κ3) is 39.0. The Balaban J connectivity index is -0.000000151. The molecule has 0 aliphatic carbocycles. The molecule has 0 heterocycles. The summed E-state index contributed by atoms with van der Waals surface area (Å²) in [5.74, 6) is 0.324. The number of aldehydes is 1. The van der Waals surface area contributed by atoms with Crippen LogP contribution in [-0.2, 0) is 19.8 Å². The van der Waals surface area contributed by atoms with Crippen LogP contribution in [0, 0.1) is 0 Å². The van der Waals surface area contributed by atoms with Crippen molar-refractivity contribution in [3.05, 3.63) is 84.5 Å². The van der Waals surface area contributed by atoms with E-state index in [0.717, 1.165) is 30.3 Å². The number of hydrogen-bond acceptors (Lipinski definition) is 8. The number of phenolic OH excluding ortho intramolecular Hbond substituents is 2. The monoisotopic (exact) mass is 733 g/mol. The van der Waals surface area contributed by atoms with Gasteiger partial charge in [0.15, 0.2) is 0 Å². The number of nitrogens with one attached hydrogen (secondary N) is 2. The van der Waals surface area contributed by atoms with Crippen LogP contribution in [0.2, 0.25) is 0 Å². The molecule has 8 N–H and O–H groups in total. The fraction of sp³-hybridized carbons (Fsp3) is 0.558. The van der Waals surface area contributed by atoms with Crippen LogP contribution in [0.4, 0.5) is 0 Å². The van der Waals surface area contributed by atoms with Gasteiger partial charge in [0.2, 0.25) is 5.91 Å². The first-order valence-electron chi connectivity index (χ1n) is 18.7. The largest absolute Gasteiger partial charge is 0.508 e. The molecule has 302 valence electrons. The molecule has 52 heavy (non-hydrogen) atoms. The number of benzene rings is 2. The number of allylic oxidation sites excluding steroid dienone is 3. The maximum Gasteiger partial charge on any atom is 0.218 e. The number of carbonyl (C=O) groups is 3. The minimum atomic E-state index is -0.377. The van der Waals surface area contributed by atoms with E-state index in [9.17, 15) is 24.6 Å². The summed E-state index contributed by atoms with van der Waals surface area (Å²) in [5.41, 5.74) is 11.1. The zero-order valence-electron chi connectivity index (χ0n) is 35.4. The SMILES string of the molecule is C/C=C\C.C=CCC(=O)CCC(C)(c1ccc(O)cc1)c1ccc(O)cc1.CC.CC.CCCCCCC=O.CN.CNC.CNC(C)CC(N)=O. The molecule has 9 nitrogen and oxygen atoms in total. The van der Waals surface area contributed by atoms with Gasteiger partial charge in [0.25, 0.3) is 0 Å². The van der Waals surface area contributed by atoms with E-state index in [1.54, 1.807) is 37.4 Å². The van der Waals surface area contributed by atoms with E-state index in [0.29, 0.717) is 25.7 Å². The van der Waals surface area contributed by atoms with E-state index in [1.807, 2.05) is 99.0 Å². The molecule has 0 saturated heterocycles. The first-order valence-corrected chi connectivity index (χ1v) is 18.7. The summed E-state index contributed by atoms with van der Waals surface area (Å²) in [6.07, 6.45) is 14.1. The number of phenols is 2. The predicted octanol–water partition coefficient (Wildman–Crippen LogP) is 9.00. The predicted molar refractivity (Wildman–Crippen MR) is 227 cm³/mol. The molecule has 0 fully saturated rings. The second-order valence-electron chi connectivity index (χ2n) is 11.0. The van der Waals surface area contributed by atoms with Gasteiger partial charge in [-0.15, -0.1) is 6.58 Å². The maximum absolute atomic E-state index is 11.9. The normalized spacial score (nSPS) is 9.81. The number of hydrogen-bond donors (Lipinski definition) is 6. The van der Waals surface area contributed by atoms with E-state index in [1.165, 1.54) is 26.3 Å². The van der Waals surface area contributed by atoms with Gasteiger partial charge in [0.1, 0.15) is 23.6 Å². The standard InChI is InChI=1S/C20H22O3.C7H14O.C5H12N2O.C4H8.C2H7N.2C2H6.CH5N/c1-3-4-17(21)13-14-20(2,15-5-9-18(22)10-6-15)16-7-11-19(23)12-8-16;1-2-3-4-5-6-7-8;1-4(7-2)3-5(6)8;1-3-4-2;1-3-2;3*1-2/h3,5-12,22-23H,1,4,13-14H2,2H3;7H,2-6H2,1H3;4,7H,3H2,1-2H3,(H2,6,8);3-4H,1-2H3;3H,1-2H3;2*1-2H3;2H2,1H3/b;;;4-3-;;;;. The van der Waals surface area contributed by atoms with E-state index in [2.05, 4.69) is 36.8 Å². The van der Waals surface area contributed by atoms with Gasteiger partial charge in [0, 0.05) is 37.1 Å². The van der Waals surface area contributed by atoms with Crippen LogP contribution in [0.25, 0.3) is 0 Å².